The first-order chi connectivity index (χ1) is 5.96. The zero-order valence-corrected chi connectivity index (χ0v) is 8.52. The molecule has 72 valence electrons. The van der Waals surface area contributed by atoms with Gasteiger partial charge in [0.05, 0.1) is 0 Å². The lowest BCUT2D eigenvalue weighted by Crippen LogP contribution is -2.13. The molecule has 0 aliphatic rings. The molecule has 13 heavy (non-hydrogen) atoms. The Morgan fingerprint density at radius 3 is 2.46 bits per heavy atom. The first kappa shape index (κ1) is 10.4. The number of hydrogen-bond donors (Lipinski definition) is 2. The Morgan fingerprint density at radius 1 is 1.46 bits per heavy atom. The van der Waals surface area contributed by atoms with E-state index in [0.29, 0.717) is 4.90 Å². The van der Waals surface area contributed by atoms with Gasteiger partial charge in [-0.1, -0.05) is 6.07 Å². The summed E-state index contributed by atoms with van der Waals surface area (Å²) in [4.78, 5) is 0.241. The van der Waals surface area contributed by atoms with Crippen LogP contribution in [0.25, 0.3) is 0 Å². The molecule has 0 aromatic heterocycles. The Kier molecular flexibility index (Phi) is 2.84. The Hall–Kier alpha value is -0.720. The molecule has 0 unspecified atom stereocenters. The van der Waals surface area contributed by atoms with Gasteiger partial charge in [0.2, 0.25) is 10.0 Å². The largest absolute Gasteiger partial charge is 0.506 e. The minimum Gasteiger partial charge on any atom is -0.506 e. The highest BCUT2D eigenvalue weighted by molar-refractivity contribution is 7.99. The fourth-order valence-electron chi connectivity index (χ4n) is 0.951. The molecule has 1 rings (SSSR count). The summed E-state index contributed by atoms with van der Waals surface area (Å²) < 4.78 is 22.1. The number of phenolic OH excluding ortho intramolecular Hbond substituents is 1. The topological polar surface area (TPSA) is 80.4 Å². The molecule has 1 aromatic rings. The minimum atomic E-state index is -3.85. The van der Waals surface area contributed by atoms with Crippen LogP contribution in [0.4, 0.5) is 0 Å². The van der Waals surface area contributed by atoms with Crippen LogP contribution in [0.2, 0.25) is 0 Å². The molecular formula is C7H9NO3S2. The quantitative estimate of drug-likeness (QED) is 0.720. The maximum atomic E-state index is 11.0. The molecule has 4 nitrogen and oxygen atoms in total. The number of aromatic hydroxyl groups is 1. The van der Waals surface area contributed by atoms with Crippen LogP contribution in [0.15, 0.2) is 28.0 Å². The highest BCUT2D eigenvalue weighted by Crippen LogP contribution is 2.30. The van der Waals surface area contributed by atoms with Gasteiger partial charge < -0.3 is 5.11 Å². The van der Waals surface area contributed by atoms with Crippen LogP contribution in [0.5, 0.6) is 5.75 Å². The maximum Gasteiger partial charge on any atom is 0.242 e. The van der Waals surface area contributed by atoms with Crippen molar-refractivity contribution in [2.45, 2.75) is 9.79 Å². The van der Waals surface area contributed by atoms with E-state index in [-0.39, 0.29) is 10.6 Å². The molecule has 0 radical (unpaired) electrons. The van der Waals surface area contributed by atoms with Gasteiger partial charge in [0, 0.05) is 4.90 Å². The Morgan fingerprint density at radius 2 is 2.08 bits per heavy atom. The van der Waals surface area contributed by atoms with E-state index >= 15 is 0 Å². The summed E-state index contributed by atoms with van der Waals surface area (Å²) in [5, 5.41) is 14.2. The van der Waals surface area contributed by atoms with Crippen molar-refractivity contribution in [2.24, 2.45) is 5.14 Å². The standard InChI is InChI=1S/C7H9NO3S2/c1-12-6-4-2-3-5(9)7(6)13(8,10)11/h2-4,9H,1H3,(H2,8,10,11). The summed E-state index contributed by atoms with van der Waals surface area (Å²) in [6.07, 6.45) is 1.71. The van der Waals surface area contributed by atoms with Crippen LogP contribution >= 0.6 is 11.8 Å². The van der Waals surface area contributed by atoms with E-state index in [1.165, 1.54) is 17.8 Å². The van der Waals surface area contributed by atoms with E-state index in [2.05, 4.69) is 0 Å². The maximum absolute atomic E-state index is 11.0. The fourth-order valence-corrected chi connectivity index (χ4v) is 2.76. The van der Waals surface area contributed by atoms with Crippen LogP contribution in [-0.4, -0.2) is 19.8 Å². The minimum absolute atomic E-state index is 0.206. The van der Waals surface area contributed by atoms with Gasteiger partial charge in [-0.2, -0.15) is 0 Å². The fraction of sp³-hybridized carbons (Fsp3) is 0.143. The lowest BCUT2D eigenvalue weighted by atomic mass is 10.3. The molecule has 0 bridgehead atoms. The summed E-state index contributed by atoms with van der Waals surface area (Å²) in [6, 6.07) is 4.44. The predicted octanol–water partition coefficient (Wildman–Crippen LogP) is 0.762. The van der Waals surface area contributed by atoms with Crippen molar-refractivity contribution in [3.05, 3.63) is 18.2 Å². The molecule has 0 aliphatic heterocycles. The van der Waals surface area contributed by atoms with Gasteiger partial charge in [0.25, 0.3) is 0 Å². The third-order valence-electron chi connectivity index (χ3n) is 1.46. The Labute approximate surface area is 80.8 Å². The third-order valence-corrected chi connectivity index (χ3v) is 3.37. The number of thioether (sulfide) groups is 1. The van der Waals surface area contributed by atoms with Gasteiger partial charge in [-0.05, 0) is 18.4 Å². The summed E-state index contributed by atoms with van der Waals surface area (Å²) in [6.45, 7) is 0. The second kappa shape index (κ2) is 3.57. The molecular weight excluding hydrogens is 210 g/mol. The monoisotopic (exact) mass is 219 g/mol. The first-order valence-corrected chi connectivity index (χ1v) is 6.12. The van der Waals surface area contributed by atoms with Gasteiger partial charge in [0.1, 0.15) is 10.6 Å². The molecule has 0 heterocycles. The molecule has 0 fully saturated rings. The van der Waals surface area contributed by atoms with E-state index in [1.54, 1.807) is 18.4 Å². The molecule has 0 aliphatic carbocycles. The van der Waals surface area contributed by atoms with Crippen LogP contribution in [0.1, 0.15) is 0 Å². The van der Waals surface area contributed by atoms with Gasteiger partial charge in [0.15, 0.2) is 0 Å². The van der Waals surface area contributed by atoms with E-state index < -0.39 is 10.0 Å². The number of benzene rings is 1. The van der Waals surface area contributed by atoms with E-state index in [1.807, 2.05) is 0 Å². The van der Waals surface area contributed by atoms with Crippen molar-refractivity contribution < 1.29 is 13.5 Å². The van der Waals surface area contributed by atoms with E-state index in [0.717, 1.165) is 0 Å². The zero-order valence-electron chi connectivity index (χ0n) is 6.89. The summed E-state index contributed by atoms with van der Waals surface area (Å²) in [5.74, 6) is -0.311. The molecule has 0 atom stereocenters. The number of sulfonamides is 1. The molecule has 0 saturated heterocycles. The SMILES string of the molecule is CSc1cccc(O)c1S(N)(=O)=O. The molecule has 0 saturated carbocycles. The Bertz CT molecular complexity index is 414. The highest BCUT2D eigenvalue weighted by Gasteiger charge is 2.17. The van der Waals surface area contributed by atoms with Crippen LogP contribution in [-0.2, 0) is 10.0 Å². The predicted molar refractivity (Wildman–Crippen MR) is 51.3 cm³/mol. The van der Waals surface area contributed by atoms with Crippen molar-refractivity contribution in [1.29, 1.82) is 0 Å². The van der Waals surface area contributed by atoms with Crippen molar-refractivity contribution in [3.8, 4) is 5.75 Å². The normalized spacial score (nSPS) is 11.5. The van der Waals surface area contributed by atoms with Crippen LogP contribution in [0, 0.1) is 0 Å². The summed E-state index contributed by atoms with van der Waals surface area (Å²) in [7, 11) is -3.85. The van der Waals surface area contributed by atoms with E-state index in [9.17, 15) is 13.5 Å². The van der Waals surface area contributed by atoms with Gasteiger partial charge in [-0.15, -0.1) is 11.8 Å². The van der Waals surface area contributed by atoms with Gasteiger partial charge >= 0.3 is 0 Å². The average Bonchev–Trinajstić information content (AvgIpc) is 2.01. The highest BCUT2D eigenvalue weighted by atomic mass is 32.2. The van der Waals surface area contributed by atoms with Gasteiger partial charge in [-0.25, -0.2) is 13.6 Å². The van der Waals surface area contributed by atoms with Crippen molar-refractivity contribution in [3.63, 3.8) is 0 Å². The van der Waals surface area contributed by atoms with Crippen molar-refractivity contribution in [1.82, 2.24) is 0 Å². The molecule has 0 amide bonds. The molecule has 6 heteroatoms. The summed E-state index contributed by atoms with van der Waals surface area (Å²) >= 11 is 1.22. The number of primary sulfonamides is 1. The lowest BCUT2D eigenvalue weighted by Gasteiger charge is -2.06. The smallest absolute Gasteiger partial charge is 0.242 e. The van der Waals surface area contributed by atoms with Crippen molar-refractivity contribution >= 4 is 21.8 Å². The number of hydrogen-bond acceptors (Lipinski definition) is 4. The van der Waals surface area contributed by atoms with Crippen molar-refractivity contribution in [2.75, 3.05) is 6.26 Å². The average molecular weight is 219 g/mol. The summed E-state index contributed by atoms with van der Waals surface area (Å²) in [5.41, 5.74) is 0. The van der Waals surface area contributed by atoms with Crippen LogP contribution in [0.3, 0.4) is 0 Å². The van der Waals surface area contributed by atoms with Crippen LogP contribution < -0.4 is 5.14 Å². The zero-order chi connectivity index (χ0) is 10.1. The Balaban J connectivity index is 3.50. The van der Waals surface area contributed by atoms with E-state index in [4.69, 9.17) is 5.14 Å². The molecule has 3 N–H and O–H groups in total. The molecule has 1 aromatic carbocycles. The van der Waals surface area contributed by atoms with Gasteiger partial charge in [-0.3, -0.25) is 0 Å². The second-order valence-corrected chi connectivity index (χ2v) is 4.70. The number of nitrogens with two attached hydrogens (primary N) is 1. The first-order valence-electron chi connectivity index (χ1n) is 3.35. The molecule has 0 spiro atoms. The second-order valence-electron chi connectivity index (χ2n) is 2.35. The lowest BCUT2D eigenvalue weighted by molar-refractivity contribution is 0.455. The third kappa shape index (κ3) is 2.15. The number of phenols is 1. The number of rotatable bonds is 2.